The summed E-state index contributed by atoms with van der Waals surface area (Å²) >= 11 is 0. The minimum atomic E-state index is -1.27. The molecule has 0 saturated carbocycles. The Morgan fingerprint density at radius 3 is 2.44 bits per heavy atom. The third-order valence-corrected chi connectivity index (χ3v) is 5.89. The van der Waals surface area contributed by atoms with Crippen LogP contribution in [0.3, 0.4) is 0 Å². The van der Waals surface area contributed by atoms with Crippen molar-refractivity contribution in [1.29, 1.82) is 0 Å². The molecule has 3 heterocycles. The second-order valence-electron chi connectivity index (χ2n) is 8.22. The van der Waals surface area contributed by atoms with E-state index in [0.717, 1.165) is 0 Å². The summed E-state index contributed by atoms with van der Waals surface area (Å²) in [7, 11) is 0. The molecule has 11 heteroatoms. The molecular formula is C25H23N5O6. The summed E-state index contributed by atoms with van der Waals surface area (Å²) in [6.07, 6.45) is -0.821. The average Bonchev–Trinajstić information content (AvgIpc) is 3.54. The number of imidazole rings is 1. The zero-order chi connectivity index (χ0) is 25.1. The van der Waals surface area contributed by atoms with Crippen LogP contribution in [0.4, 0.5) is 5.82 Å². The molecule has 1 fully saturated rings. The van der Waals surface area contributed by atoms with Crippen molar-refractivity contribution in [3.63, 3.8) is 0 Å². The molecule has 184 valence electrons. The average molecular weight is 489 g/mol. The summed E-state index contributed by atoms with van der Waals surface area (Å²) in [5, 5.41) is 22.6. The van der Waals surface area contributed by atoms with E-state index in [1.54, 1.807) is 59.2 Å². The lowest BCUT2D eigenvalue weighted by atomic mass is 10.1. The highest BCUT2D eigenvalue weighted by Gasteiger charge is 2.43. The van der Waals surface area contributed by atoms with Crippen molar-refractivity contribution in [3.8, 4) is 0 Å². The molecule has 1 aliphatic heterocycles. The van der Waals surface area contributed by atoms with Crippen molar-refractivity contribution in [2.24, 2.45) is 0 Å². The minimum Gasteiger partial charge on any atom is -0.456 e. The standard InChI is InChI=1S/C25H23N5O6/c31-12-17(32)21-18(35-25(34)16-9-5-2-6-10-16)11-19(36-21)30-14-28-20-22(26-13-27-23(20)30)29-24(33)15-7-3-1-4-8-15/h1-10,13-14,17-19,21,31-32H,11-12H2,(H,26,27,29,33)/t17?,18-,19-,21?/m1/s1. The molecule has 1 amide bonds. The maximum atomic E-state index is 12.6. The molecule has 0 radical (unpaired) electrons. The molecule has 2 unspecified atom stereocenters. The first-order valence-electron chi connectivity index (χ1n) is 11.3. The van der Waals surface area contributed by atoms with Gasteiger partial charge in [-0.1, -0.05) is 36.4 Å². The molecule has 4 atom stereocenters. The number of aromatic nitrogens is 4. The maximum absolute atomic E-state index is 12.6. The Morgan fingerprint density at radius 1 is 1.06 bits per heavy atom. The highest BCUT2D eigenvalue weighted by molar-refractivity contribution is 6.06. The molecule has 0 aliphatic carbocycles. The van der Waals surface area contributed by atoms with Crippen molar-refractivity contribution < 1.29 is 29.3 Å². The molecular weight excluding hydrogens is 466 g/mol. The lowest BCUT2D eigenvalue weighted by Gasteiger charge is -2.22. The van der Waals surface area contributed by atoms with Crippen LogP contribution in [-0.2, 0) is 9.47 Å². The van der Waals surface area contributed by atoms with Crippen LogP contribution in [0.2, 0.25) is 0 Å². The van der Waals surface area contributed by atoms with Crippen LogP contribution < -0.4 is 5.32 Å². The first-order valence-corrected chi connectivity index (χ1v) is 11.3. The van der Waals surface area contributed by atoms with Gasteiger partial charge in [0.1, 0.15) is 30.9 Å². The summed E-state index contributed by atoms with van der Waals surface area (Å²) in [4.78, 5) is 38.0. The molecule has 3 N–H and O–H groups in total. The number of esters is 1. The highest BCUT2D eigenvalue weighted by atomic mass is 16.6. The number of anilines is 1. The summed E-state index contributed by atoms with van der Waals surface area (Å²) < 4.78 is 13.2. The Morgan fingerprint density at radius 2 is 1.75 bits per heavy atom. The number of ether oxygens (including phenoxy) is 2. The molecule has 36 heavy (non-hydrogen) atoms. The van der Waals surface area contributed by atoms with E-state index in [9.17, 15) is 19.8 Å². The fourth-order valence-corrected chi connectivity index (χ4v) is 4.10. The number of fused-ring (bicyclic) bond motifs is 1. The van der Waals surface area contributed by atoms with Gasteiger partial charge in [-0.05, 0) is 24.3 Å². The summed E-state index contributed by atoms with van der Waals surface area (Å²) in [6.45, 7) is -0.570. The predicted molar refractivity (Wildman–Crippen MR) is 127 cm³/mol. The topological polar surface area (TPSA) is 149 Å². The number of amides is 1. The molecule has 5 rings (SSSR count). The molecule has 1 saturated heterocycles. The maximum Gasteiger partial charge on any atom is 0.338 e. The van der Waals surface area contributed by atoms with Gasteiger partial charge in [0.15, 0.2) is 17.0 Å². The number of hydrogen-bond donors (Lipinski definition) is 3. The predicted octanol–water partition coefficient (Wildman–Crippen LogP) is 1.94. The smallest absolute Gasteiger partial charge is 0.338 e. The quantitative estimate of drug-likeness (QED) is 0.331. The van der Waals surface area contributed by atoms with Gasteiger partial charge in [-0.2, -0.15) is 0 Å². The highest BCUT2D eigenvalue weighted by Crippen LogP contribution is 2.35. The van der Waals surface area contributed by atoms with Crippen molar-refractivity contribution in [1.82, 2.24) is 19.5 Å². The lowest BCUT2D eigenvalue weighted by Crippen LogP contribution is -2.39. The second kappa shape index (κ2) is 10.2. The first kappa shape index (κ1) is 23.5. The van der Waals surface area contributed by atoms with E-state index in [0.29, 0.717) is 22.3 Å². The van der Waals surface area contributed by atoms with Gasteiger partial charge in [-0.25, -0.2) is 19.7 Å². The van der Waals surface area contributed by atoms with E-state index in [-0.39, 0.29) is 18.1 Å². The van der Waals surface area contributed by atoms with E-state index in [4.69, 9.17) is 9.47 Å². The largest absolute Gasteiger partial charge is 0.456 e. The van der Waals surface area contributed by atoms with E-state index in [2.05, 4.69) is 20.3 Å². The van der Waals surface area contributed by atoms with E-state index >= 15 is 0 Å². The van der Waals surface area contributed by atoms with Gasteiger partial charge < -0.3 is 25.0 Å². The second-order valence-corrected chi connectivity index (χ2v) is 8.22. The number of nitrogens with one attached hydrogen (secondary N) is 1. The Labute approximate surface area is 205 Å². The number of rotatable bonds is 7. The van der Waals surface area contributed by atoms with Crippen molar-refractivity contribution in [3.05, 3.63) is 84.4 Å². The van der Waals surface area contributed by atoms with Gasteiger partial charge in [0.05, 0.1) is 18.5 Å². The van der Waals surface area contributed by atoms with Crippen LogP contribution in [-0.4, -0.2) is 66.5 Å². The van der Waals surface area contributed by atoms with Crippen molar-refractivity contribution in [2.45, 2.75) is 31.0 Å². The zero-order valence-corrected chi connectivity index (χ0v) is 19.0. The summed E-state index contributed by atoms with van der Waals surface area (Å²) in [5.41, 5.74) is 1.55. The fourth-order valence-electron chi connectivity index (χ4n) is 4.10. The summed E-state index contributed by atoms with van der Waals surface area (Å²) in [5.74, 6) is -0.686. The Hall–Kier alpha value is -4.19. The van der Waals surface area contributed by atoms with Crippen molar-refractivity contribution in [2.75, 3.05) is 11.9 Å². The molecule has 2 aromatic heterocycles. The van der Waals surface area contributed by atoms with Gasteiger partial charge in [-0.15, -0.1) is 0 Å². The third-order valence-electron chi connectivity index (χ3n) is 5.89. The number of hydrogen-bond acceptors (Lipinski definition) is 9. The molecule has 11 nitrogen and oxygen atoms in total. The number of carbonyl (C=O) groups excluding carboxylic acids is 2. The van der Waals surface area contributed by atoms with E-state index in [1.165, 1.54) is 12.7 Å². The Kier molecular flexibility index (Phi) is 6.67. The SMILES string of the molecule is O=C(Nc1ncnc2c1ncn2[C@H]1C[C@@H](OC(=O)c2ccccc2)C(C(O)CO)O1)c1ccccc1. The lowest BCUT2D eigenvalue weighted by molar-refractivity contribution is -0.0978. The number of carbonyl (C=O) groups is 2. The monoisotopic (exact) mass is 489 g/mol. The van der Waals surface area contributed by atoms with Gasteiger partial charge in [0.2, 0.25) is 0 Å². The van der Waals surface area contributed by atoms with Crippen LogP contribution >= 0.6 is 0 Å². The molecule has 1 aliphatic rings. The van der Waals surface area contributed by atoms with Crippen LogP contribution in [0.1, 0.15) is 33.4 Å². The van der Waals surface area contributed by atoms with E-state index < -0.39 is 37.1 Å². The Balaban J connectivity index is 1.39. The normalized spacial score (nSPS) is 20.2. The first-order chi connectivity index (χ1) is 17.5. The third kappa shape index (κ3) is 4.67. The number of aliphatic hydroxyl groups excluding tert-OH is 2. The number of aliphatic hydroxyl groups is 2. The van der Waals surface area contributed by atoms with Gasteiger partial charge in [0.25, 0.3) is 5.91 Å². The molecule has 0 bridgehead atoms. The van der Waals surface area contributed by atoms with Gasteiger partial charge in [0, 0.05) is 12.0 Å². The molecule has 4 aromatic rings. The van der Waals surface area contributed by atoms with Crippen LogP contribution in [0.25, 0.3) is 11.2 Å². The fraction of sp³-hybridized carbons (Fsp3) is 0.240. The van der Waals surface area contributed by atoms with Gasteiger partial charge >= 0.3 is 5.97 Å². The summed E-state index contributed by atoms with van der Waals surface area (Å²) in [6, 6.07) is 17.2. The minimum absolute atomic E-state index is 0.182. The van der Waals surface area contributed by atoms with E-state index in [1.807, 2.05) is 6.07 Å². The molecule has 2 aromatic carbocycles. The van der Waals surface area contributed by atoms with Crippen LogP contribution in [0, 0.1) is 0 Å². The Bertz CT molecular complexity index is 1360. The van der Waals surface area contributed by atoms with Crippen LogP contribution in [0.15, 0.2) is 73.3 Å². The van der Waals surface area contributed by atoms with Crippen molar-refractivity contribution >= 4 is 28.9 Å². The molecule has 0 spiro atoms. The number of nitrogens with zero attached hydrogens (tertiary/aromatic N) is 4. The number of benzene rings is 2. The van der Waals surface area contributed by atoms with Gasteiger partial charge in [-0.3, -0.25) is 9.36 Å². The zero-order valence-electron chi connectivity index (χ0n) is 19.0. The van der Waals surface area contributed by atoms with Crippen LogP contribution in [0.5, 0.6) is 0 Å².